The molecular formula is C25H32N2O5. The molecule has 2 rings (SSSR count). The number of ketones is 1. The first-order valence-electron chi connectivity index (χ1n) is 10.7. The van der Waals surface area contributed by atoms with Crippen LogP contribution in [0.25, 0.3) is 0 Å². The molecule has 0 aliphatic carbocycles. The highest BCUT2D eigenvalue weighted by Gasteiger charge is 2.27. The van der Waals surface area contributed by atoms with Gasteiger partial charge in [-0.1, -0.05) is 74.5 Å². The first-order valence-corrected chi connectivity index (χ1v) is 10.7. The Balaban J connectivity index is 2.03. The molecule has 0 fully saturated rings. The van der Waals surface area contributed by atoms with Crippen molar-refractivity contribution in [2.24, 2.45) is 5.92 Å². The van der Waals surface area contributed by atoms with Gasteiger partial charge in [0.2, 0.25) is 5.91 Å². The Labute approximate surface area is 189 Å². The number of alkyl carbamates (subject to hydrolysis) is 1. The molecule has 2 N–H and O–H groups in total. The first kappa shape index (κ1) is 25.1. The fourth-order valence-corrected chi connectivity index (χ4v) is 3.22. The maximum absolute atomic E-state index is 13.0. The summed E-state index contributed by atoms with van der Waals surface area (Å²) in [7, 11) is 1.44. The molecule has 7 heteroatoms. The number of rotatable bonds is 12. The van der Waals surface area contributed by atoms with E-state index in [0.717, 1.165) is 11.1 Å². The fourth-order valence-electron chi connectivity index (χ4n) is 3.22. The largest absolute Gasteiger partial charge is 0.445 e. The van der Waals surface area contributed by atoms with Gasteiger partial charge < -0.3 is 20.1 Å². The predicted octanol–water partition coefficient (Wildman–Crippen LogP) is 3.27. The Morgan fingerprint density at radius 2 is 1.44 bits per heavy atom. The quantitative estimate of drug-likeness (QED) is 0.528. The molecule has 0 saturated carbocycles. The Morgan fingerprint density at radius 3 is 2.00 bits per heavy atom. The topological polar surface area (TPSA) is 93.7 Å². The molecule has 2 aromatic carbocycles. The van der Waals surface area contributed by atoms with Gasteiger partial charge in [0.25, 0.3) is 0 Å². The van der Waals surface area contributed by atoms with E-state index in [-0.39, 0.29) is 24.9 Å². The van der Waals surface area contributed by atoms with Gasteiger partial charge in [-0.3, -0.25) is 9.59 Å². The van der Waals surface area contributed by atoms with Crippen LogP contribution in [-0.4, -0.2) is 43.6 Å². The van der Waals surface area contributed by atoms with E-state index < -0.39 is 24.1 Å². The molecule has 0 aliphatic rings. The van der Waals surface area contributed by atoms with Crippen LogP contribution in [0.1, 0.15) is 31.4 Å². The summed E-state index contributed by atoms with van der Waals surface area (Å²) in [5.74, 6) is -0.525. The number of Topliss-reactive ketones (excluding diaryl/α,β-unsaturated/α-hetero) is 1. The molecule has 0 bridgehead atoms. The first-order chi connectivity index (χ1) is 15.4. The van der Waals surface area contributed by atoms with E-state index >= 15 is 0 Å². The average molecular weight is 441 g/mol. The highest BCUT2D eigenvalue weighted by atomic mass is 16.5. The maximum atomic E-state index is 13.0. The number of hydrogen-bond acceptors (Lipinski definition) is 5. The highest BCUT2D eigenvalue weighted by Crippen LogP contribution is 2.09. The van der Waals surface area contributed by atoms with Crippen molar-refractivity contribution in [2.45, 2.75) is 45.4 Å². The van der Waals surface area contributed by atoms with Crippen molar-refractivity contribution in [3.63, 3.8) is 0 Å². The molecule has 2 amide bonds. The predicted molar refractivity (Wildman–Crippen MR) is 122 cm³/mol. The molecule has 0 heterocycles. The number of carbonyl (C=O) groups is 3. The van der Waals surface area contributed by atoms with Gasteiger partial charge in [-0.25, -0.2) is 4.79 Å². The van der Waals surface area contributed by atoms with Crippen LogP contribution in [0, 0.1) is 5.92 Å². The normalized spacial score (nSPS) is 12.6. The minimum atomic E-state index is -0.827. The van der Waals surface area contributed by atoms with Crippen LogP contribution in [0.15, 0.2) is 60.7 Å². The Hall–Kier alpha value is -3.19. The van der Waals surface area contributed by atoms with Crippen LogP contribution < -0.4 is 10.6 Å². The van der Waals surface area contributed by atoms with Gasteiger partial charge in [-0.2, -0.15) is 0 Å². The number of methoxy groups -OCH3 is 1. The third-order valence-electron chi connectivity index (χ3n) is 4.80. The molecule has 172 valence electrons. The molecule has 0 spiro atoms. The molecule has 0 radical (unpaired) electrons. The molecule has 2 aromatic rings. The van der Waals surface area contributed by atoms with Gasteiger partial charge in [-0.05, 0) is 29.9 Å². The van der Waals surface area contributed by atoms with E-state index in [0.29, 0.717) is 12.8 Å². The second-order valence-corrected chi connectivity index (χ2v) is 8.04. The van der Waals surface area contributed by atoms with E-state index in [4.69, 9.17) is 9.47 Å². The summed E-state index contributed by atoms with van der Waals surface area (Å²) in [6.07, 6.45) is 0.0576. The second kappa shape index (κ2) is 13.3. The molecule has 2 atom stereocenters. The van der Waals surface area contributed by atoms with Gasteiger partial charge in [0.15, 0.2) is 5.78 Å². The van der Waals surface area contributed by atoms with Crippen molar-refractivity contribution in [1.29, 1.82) is 0 Å². The molecule has 32 heavy (non-hydrogen) atoms. The van der Waals surface area contributed by atoms with Crippen molar-refractivity contribution in [2.75, 3.05) is 13.7 Å². The summed E-state index contributed by atoms with van der Waals surface area (Å²) in [4.78, 5) is 37.9. The highest BCUT2D eigenvalue weighted by molar-refractivity contribution is 5.92. The third-order valence-corrected chi connectivity index (χ3v) is 4.80. The van der Waals surface area contributed by atoms with Crippen molar-refractivity contribution in [1.82, 2.24) is 10.6 Å². The number of ether oxygens (including phenoxy) is 2. The van der Waals surface area contributed by atoms with Crippen molar-refractivity contribution < 1.29 is 23.9 Å². The summed E-state index contributed by atoms with van der Waals surface area (Å²) in [5, 5.41) is 5.44. The molecule has 0 aliphatic heterocycles. The van der Waals surface area contributed by atoms with Gasteiger partial charge in [0.1, 0.15) is 19.3 Å². The lowest BCUT2D eigenvalue weighted by molar-refractivity contribution is -0.130. The third kappa shape index (κ3) is 8.89. The fraction of sp³-hybridized carbons (Fsp3) is 0.400. The van der Waals surface area contributed by atoms with Gasteiger partial charge in [-0.15, -0.1) is 0 Å². The van der Waals surface area contributed by atoms with E-state index in [2.05, 4.69) is 10.6 Å². The molecule has 2 unspecified atom stereocenters. The molecular weight excluding hydrogens is 408 g/mol. The standard InChI is InChI=1S/C25H32N2O5/c1-18(2)14-22(27-25(30)32-16-20-12-8-5-9-13-20)24(29)26-21(23(28)17-31-3)15-19-10-6-4-7-11-19/h4-13,18,21-22H,14-17H2,1-3H3,(H,26,29)(H,27,30). The number of nitrogens with one attached hydrogen (secondary N) is 2. The lowest BCUT2D eigenvalue weighted by atomic mass is 10.00. The van der Waals surface area contributed by atoms with Crippen molar-refractivity contribution in [3.8, 4) is 0 Å². The van der Waals surface area contributed by atoms with Crippen LogP contribution in [0.5, 0.6) is 0 Å². The average Bonchev–Trinajstić information content (AvgIpc) is 2.78. The Kier molecular flexibility index (Phi) is 10.4. The van der Waals surface area contributed by atoms with Crippen LogP contribution in [0.4, 0.5) is 4.79 Å². The zero-order valence-electron chi connectivity index (χ0n) is 18.9. The summed E-state index contributed by atoms with van der Waals surface area (Å²) < 4.78 is 10.2. The molecule has 0 aromatic heterocycles. The van der Waals surface area contributed by atoms with Crippen molar-refractivity contribution >= 4 is 17.8 Å². The van der Waals surface area contributed by atoms with Gasteiger partial charge in [0.05, 0.1) is 6.04 Å². The minimum Gasteiger partial charge on any atom is -0.445 e. The Morgan fingerprint density at radius 1 is 0.844 bits per heavy atom. The smallest absolute Gasteiger partial charge is 0.408 e. The van der Waals surface area contributed by atoms with Crippen LogP contribution in [0.2, 0.25) is 0 Å². The van der Waals surface area contributed by atoms with E-state index in [1.54, 1.807) is 0 Å². The molecule has 0 saturated heterocycles. The second-order valence-electron chi connectivity index (χ2n) is 8.04. The van der Waals surface area contributed by atoms with Crippen LogP contribution in [-0.2, 0) is 32.1 Å². The maximum Gasteiger partial charge on any atom is 0.408 e. The summed E-state index contributed by atoms with van der Waals surface area (Å²) in [6, 6.07) is 17.1. The van der Waals surface area contributed by atoms with Crippen molar-refractivity contribution in [3.05, 3.63) is 71.8 Å². The summed E-state index contributed by atoms with van der Waals surface area (Å²) in [5.41, 5.74) is 1.76. The number of amides is 2. The molecule has 7 nitrogen and oxygen atoms in total. The van der Waals surface area contributed by atoms with Crippen LogP contribution >= 0.6 is 0 Å². The van der Waals surface area contributed by atoms with Crippen LogP contribution in [0.3, 0.4) is 0 Å². The summed E-state index contributed by atoms with van der Waals surface area (Å²) >= 11 is 0. The number of hydrogen-bond donors (Lipinski definition) is 2. The number of benzene rings is 2. The zero-order valence-corrected chi connectivity index (χ0v) is 18.9. The minimum absolute atomic E-state index is 0.103. The zero-order chi connectivity index (χ0) is 23.3. The van der Waals surface area contributed by atoms with Gasteiger partial charge in [0, 0.05) is 7.11 Å². The van der Waals surface area contributed by atoms with E-state index in [9.17, 15) is 14.4 Å². The van der Waals surface area contributed by atoms with Gasteiger partial charge >= 0.3 is 6.09 Å². The SMILES string of the molecule is COCC(=O)C(Cc1ccccc1)NC(=O)C(CC(C)C)NC(=O)OCc1ccccc1. The monoisotopic (exact) mass is 440 g/mol. The lowest BCUT2D eigenvalue weighted by Crippen LogP contribution is -2.53. The summed E-state index contributed by atoms with van der Waals surface area (Å²) in [6.45, 7) is 3.90. The van der Waals surface area contributed by atoms with E-state index in [1.165, 1.54) is 7.11 Å². The lowest BCUT2D eigenvalue weighted by Gasteiger charge is -2.24. The van der Waals surface area contributed by atoms with E-state index in [1.807, 2.05) is 74.5 Å². The Bertz CT molecular complexity index is 855. The number of carbonyl (C=O) groups excluding carboxylic acids is 3.